The first-order chi connectivity index (χ1) is 12.8. The molecule has 142 valence electrons. The van der Waals surface area contributed by atoms with E-state index < -0.39 is 22.5 Å². The van der Waals surface area contributed by atoms with Crippen LogP contribution in [-0.4, -0.2) is 35.3 Å². The highest BCUT2D eigenvalue weighted by atomic mass is 19.1. The van der Waals surface area contributed by atoms with Gasteiger partial charge in [0.1, 0.15) is 17.0 Å². The molecule has 5 nitrogen and oxygen atoms in total. The van der Waals surface area contributed by atoms with E-state index in [-0.39, 0.29) is 23.1 Å². The van der Waals surface area contributed by atoms with Crippen molar-refractivity contribution in [3.05, 3.63) is 47.2 Å². The number of rotatable bonds is 3. The van der Waals surface area contributed by atoms with Gasteiger partial charge >= 0.3 is 0 Å². The van der Waals surface area contributed by atoms with E-state index in [1.54, 1.807) is 13.1 Å². The Kier molecular flexibility index (Phi) is 3.86. The van der Waals surface area contributed by atoms with Crippen molar-refractivity contribution in [1.29, 1.82) is 0 Å². The molecule has 1 heterocycles. The van der Waals surface area contributed by atoms with Crippen molar-refractivity contribution < 1.29 is 18.4 Å². The van der Waals surface area contributed by atoms with Crippen LogP contribution in [0.15, 0.2) is 24.3 Å². The van der Waals surface area contributed by atoms with Gasteiger partial charge in [0.15, 0.2) is 0 Å². The van der Waals surface area contributed by atoms with Gasteiger partial charge < -0.3 is 0 Å². The summed E-state index contributed by atoms with van der Waals surface area (Å²) in [5.41, 5.74) is 0.144. The lowest BCUT2D eigenvalue weighted by atomic mass is 9.67. The molecule has 1 fully saturated rings. The summed E-state index contributed by atoms with van der Waals surface area (Å²) in [7, 11) is 3.02. The molecule has 7 heteroatoms. The summed E-state index contributed by atoms with van der Waals surface area (Å²) in [6.45, 7) is 4.08. The number of hydrogen-bond donors (Lipinski definition) is 0. The Morgan fingerprint density at radius 2 is 1.93 bits per heavy atom. The molecule has 1 aromatic heterocycles. The zero-order valence-corrected chi connectivity index (χ0v) is 15.7. The number of hydrogen-bond acceptors (Lipinski definition) is 4. The number of benzene rings is 1. The Bertz CT molecular complexity index is 927. The van der Waals surface area contributed by atoms with Gasteiger partial charge in [-0.05, 0) is 47.9 Å². The summed E-state index contributed by atoms with van der Waals surface area (Å²) in [6.07, 6.45) is 1.44. The fourth-order valence-electron chi connectivity index (χ4n) is 5.01. The molecule has 0 saturated heterocycles. The number of nitrogens with zero attached hydrogens (tertiary/aromatic N) is 3. The second-order valence-corrected chi connectivity index (χ2v) is 7.83. The van der Waals surface area contributed by atoms with E-state index in [2.05, 4.69) is 10.2 Å². The van der Waals surface area contributed by atoms with E-state index in [4.69, 9.17) is 4.84 Å². The van der Waals surface area contributed by atoms with Gasteiger partial charge in [-0.1, -0.05) is 19.9 Å². The molecule has 0 aliphatic heterocycles. The number of hydroxylamine groups is 2. The van der Waals surface area contributed by atoms with E-state index in [0.717, 1.165) is 12.0 Å². The average molecular weight is 373 g/mol. The van der Waals surface area contributed by atoms with Crippen molar-refractivity contribution in [2.24, 2.45) is 5.41 Å². The lowest BCUT2D eigenvalue weighted by Crippen LogP contribution is -2.50. The fraction of sp³-hybridized carbons (Fsp3) is 0.450. The molecule has 1 saturated carbocycles. The third kappa shape index (κ3) is 2.15. The molecule has 2 aromatic rings. The highest BCUT2D eigenvalue weighted by Gasteiger charge is 2.68. The van der Waals surface area contributed by atoms with Crippen LogP contribution < -0.4 is 0 Å². The molecule has 1 amide bonds. The summed E-state index contributed by atoms with van der Waals surface area (Å²) in [5.74, 6) is -1.48. The zero-order chi connectivity index (χ0) is 19.6. The number of amides is 1. The van der Waals surface area contributed by atoms with Gasteiger partial charge in [0.25, 0.3) is 5.91 Å². The highest BCUT2D eigenvalue weighted by molar-refractivity contribution is 5.91. The number of aromatic nitrogens is 2. The number of fused-ring (bicyclic) bond motifs is 5. The average Bonchev–Trinajstić information content (AvgIpc) is 3.02. The van der Waals surface area contributed by atoms with Crippen molar-refractivity contribution in [2.45, 2.75) is 38.0 Å². The van der Waals surface area contributed by atoms with E-state index in [1.165, 1.54) is 30.4 Å². The monoisotopic (exact) mass is 373 g/mol. The second-order valence-electron chi connectivity index (χ2n) is 7.83. The van der Waals surface area contributed by atoms with Crippen LogP contribution in [0.1, 0.15) is 43.9 Å². The van der Waals surface area contributed by atoms with Crippen LogP contribution in [0.2, 0.25) is 0 Å². The Labute approximate surface area is 156 Å². The molecule has 0 spiro atoms. The molecule has 2 aliphatic carbocycles. The summed E-state index contributed by atoms with van der Waals surface area (Å²) < 4.78 is 28.4. The zero-order valence-electron chi connectivity index (χ0n) is 15.7. The Balaban J connectivity index is 1.90. The van der Waals surface area contributed by atoms with Crippen molar-refractivity contribution in [1.82, 2.24) is 15.3 Å². The highest BCUT2D eigenvalue weighted by Crippen LogP contribution is 2.67. The first kappa shape index (κ1) is 18.0. The van der Waals surface area contributed by atoms with E-state index in [0.29, 0.717) is 12.1 Å². The molecule has 2 atom stereocenters. The van der Waals surface area contributed by atoms with Gasteiger partial charge in [0.05, 0.1) is 24.1 Å². The number of carbonyl (C=O) groups is 1. The molecule has 2 aliphatic rings. The van der Waals surface area contributed by atoms with Crippen LogP contribution in [0.3, 0.4) is 0 Å². The Morgan fingerprint density at radius 3 is 2.56 bits per heavy atom. The SMILES string of the molecule is CON(C)C(=O)[C@]12CC[C@H](c3cc(-c4c(F)cccc4F)nnc31)C2(C)C. The van der Waals surface area contributed by atoms with Crippen LogP contribution in [0, 0.1) is 17.0 Å². The third-order valence-electron chi connectivity index (χ3n) is 6.53. The van der Waals surface area contributed by atoms with Gasteiger partial charge in [-0.2, -0.15) is 5.10 Å². The summed E-state index contributed by atoms with van der Waals surface area (Å²) in [6, 6.07) is 5.40. The fourth-order valence-corrected chi connectivity index (χ4v) is 5.01. The van der Waals surface area contributed by atoms with Crippen LogP contribution in [0.5, 0.6) is 0 Å². The van der Waals surface area contributed by atoms with Crippen LogP contribution in [0.4, 0.5) is 8.78 Å². The molecule has 27 heavy (non-hydrogen) atoms. The van der Waals surface area contributed by atoms with E-state index in [9.17, 15) is 13.6 Å². The molecular formula is C20H21F2N3O2. The molecule has 2 bridgehead atoms. The summed E-state index contributed by atoms with van der Waals surface area (Å²) in [4.78, 5) is 18.3. The molecule has 1 aromatic carbocycles. The topological polar surface area (TPSA) is 55.3 Å². The van der Waals surface area contributed by atoms with Gasteiger partial charge in [-0.25, -0.2) is 13.8 Å². The quantitative estimate of drug-likeness (QED) is 0.772. The molecular weight excluding hydrogens is 352 g/mol. The van der Waals surface area contributed by atoms with Crippen molar-refractivity contribution >= 4 is 5.91 Å². The van der Waals surface area contributed by atoms with Crippen LogP contribution in [-0.2, 0) is 15.0 Å². The van der Waals surface area contributed by atoms with Crippen molar-refractivity contribution in [2.75, 3.05) is 14.2 Å². The minimum atomic E-state index is -0.850. The number of carbonyl (C=O) groups excluding carboxylic acids is 1. The van der Waals surface area contributed by atoms with E-state index >= 15 is 0 Å². The third-order valence-corrected chi connectivity index (χ3v) is 6.53. The van der Waals surface area contributed by atoms with Gasteiger partial charge in [-0.15, -0.1) is 5.10 Å². The summed E-state index contributed by atoms with van der Waals surface area (Å²) in [5, 5.41) is 9.64. The first-order valence-electron chi connectivity index (χ1n) is 8.90. The molecule has 0 N–H and O–H groups in total. The van der Waals surface area contributed by atoms with Crippen LogP contribution >= 0.6 is 0 Å². The van der Waals surface area contributed by atoms with Crippen LogP contribution in [0.25, 0.3) is 11.3 Å². The van der Waals surface area contributed by atoms with Gasteiger partial charge in [-0.3, -0.25) is 9.63 Å². The predicted molar refractivity (Wildman–Crippen MR) is 94.6 cm³/mol. The Hall–Kier alpha value is -2.41. The predicted octanol–water partition coefficient (Wildman–Crippen LogP) is 3.60. The maximum atomic E-state index is 14.2. The molecule has 0 unspecified atom stereocenters. The molecule has 0 radical (unpaired) electrons. The minimum Gasteiger partial charge on any atom is -0.275 e. The minimum absolute atomic E-state index is 0.0609. The maximum absolute atomic E-state index is 14.2. The summed E-state index contributed by atoms with van der Waals surface area (Å²) >= 11 is 0. The van der Waals surface area contributed by atoms with E-state index in [1.807, 2.05) is 13.8 Å². The largest absolute Gasteiger partial charge is 0.275 e. The van der Waals surface area contributed by atoms with Gasteiger partial charge in [0.2, 0.25) is 0 Å². The van der Waals surface area contributed by atoms with Crippen molar-refractivity contribution in [3.63, 3.8) is 0 Å². The smallest absolute Gasteiger partial charge is 0.258 e. The molecule has 4 rings (SSSR count). The lowest BCUT2D eigenvalue weighted by molar-refractivity contribution is -0.179. The standard InChI is InChI=1S/C20H21F2N3O2/c1-19(2)12-8-9-20(19,18(26)25(3)27-4)17-11(12)10-15(23-24-17)16-13(21)6-5-7-14(16)22/h5-7,10,12H,8-9H2,1-4H3/t12-,20+/m1/s1. The second kappa shape index (κ2) is 5.79. The normalized spacial score (nSPS) is 24.7. The Morgan fingerprint density at radius 1 is 1.26 bits per heavy atom. The first-order valence-corrected chi connectivity index (χ1v) is 8.90. The van der Waals surface area contributed by atoms with Crippen molar-refractivity contribution in [3.8, 4) is 11.3 Å². The van der Waals surface area contributed by atoms with Gasteiger partial charge in [0, 0.05) is 7.05 Å². The number of likely N-dealkylation sites (N-methyl/N-ethyl adjacent to an activating group) is 1. The maximum Gasteiger partial charge on any atom is 0.258 e. The number of halogens is 2. The lowest BCUT2D eigenvalue weighted by Gasteiger charge is -2.38.